The van der Waals surface area contributed by atoms with Crippen molar-refractivity contribution in [3.63, 3.8) is 0 Å². The Hall–Kier alpha value is 0.0631. The largest absolute Gasteiger partial charge is 0.456 e. The van der Waals surface area contributed by atoms with Crippen LogP contribution in [0.2, 0.25) is 0 Å². The summed E-state index contributed by atoms with van der Waals surface area (Å²) in [4.78, 5) is 32.9. The first-order valence-electron chi connectivity index (χ1n) is 16.5. The van der Waals surface area contributed by atoms with E-state index in [1.165, 1.54) is 0 Å². The van der Waals surface area contributed by atoms with Crippen LogP contribution in [-0.4, -0.2) is 91.1 Å². The van der Waals surface area contributed by atoms with E-state index in [1.54, 1.807) is 58.9 Å². The molecule has 2 aromatic carbocycles. The molecule has 2 radical (unpaired) electrons. The van der Waals surface area contributed by atoms with Gasteiger partial charge in [-0.05, 0) is 42.0 Å². The Morgan fingerprint density at radius 1 is 1.02 bits per heavy atom. The Morgan fingerprint density at radius 3 is 2.16 bits per heavy atom. The van der Waals surface area contributed by atoms with E-state index in [1.807, 2.05) is 36.4 Å². The molecule has 1 saturated heterocycles. The van der Waals surface area contributed by atoms with Crippen LogP contribution < -0.4 is 0 Å². The second kappa shape index (κ2) is 15.7. The summed E-state index contributed by atoms with van der Waals surface area (Å²) in [6, 6.07) is 17.2. The fourth-order valence-electron chi connectivity index (χ4n) is 9.26. The molecule has 2 aromatic rings. The SMILES string of the molecule is CC1=C2C(O)C(=O)[C@]3(C)C(O)CC4OCC4(O)C3[C@H](C)C(O)(CC1OC(=O)C(O)C(N=C(P)c1ccccc1)c1ccccc1)C2(C)C.[Ac].[Ac]. The molecular formula is C37H46Ac2NO9P. The number of ketones is 1. The minimum atomic E-state index is -1.76. The maximum atomic E-state index is 14.3. The van der Waals surface area contributed by atoms with Crippen molar-refractivity contribution in [3.05, 3.63) is 82.9 Å². The zero-order valence-electron chi connectivity index (χ0n) is 29.1. The molecule has 0 amide bonds. The molecular weight excluding hydrogens is 1090 g/mol. The van der Waals surface area contributed by atoms with Crippen molar-refractivity contribution in [3.8, 4) is 0 Å². The third-order valence-corrected chi connectivity index (χ3v) is 12.6. The number of nitrogens with zero attached hydrogens (tertiary/aromatic N) is 1. The molecule has 6 rings (SSSR count). The van der Waals surface area contributed by atoms with Gasteiger partial charge in [0.1, 0.15) is 23.9 Å². The van der Waals surface area contributed by atoms with Gasteiger partial charge >= 0.3 is 5.97 Å². The first-order valence-corrected chi connectivity index (χ1v) is 17.1. The fourth-order valence-corrected chi connectivity index (χ4v) is 9.62. The summed E-state index contributed by atoms with van der Waals surface area (Å²) in [7, 11) is 2.55. The number of aliphatic imine (C=N–C) groups is 1. The van der Waals surface area contributed by atoms with Gasteiger partial charge in [-0.3, -0.25) is 9.79 Å². The second-order valence-corrected chi connectivity index (χ2v) is 15.4. The molecule has 5 N–H and O–H groups in total. The second-order valence-electron chi connectivity index (χ2n) is 14.8. The predicted molar refractivity (Wildman–Crippen MR) is 181 cm³/mol. The van der Waals surface area contributed by atoms with Crippen LogP contribution in [0.5, 0.6) is 0 Å². The standard InChI is InChI=1S/C37H46NO9P.2Ac/c1-19-23(47-33(43)29(41)27(21-12-8-6-9-13-21)38-32(48)22-14-10-7-11-15-22)17-37(45)20(2)30-35(5,24(39)16-25-36(30,44)18-46-25)31(42)28(40)26(19)34(37,3)4;;/h6-15,20,23-25,27-30,39-41,44-45H,16-18,48H2,1-5H3;;/t20-,23?,24?,25?,27?,28?,29?,30?,35+,36?,37?;;/m0../s1. The molecule has 3 fully saturated rings. The van der Waals surface area contributed by atoms with Crippen LogP contribution in [0.4, 0.5) is 0 Å². The summed E-state index contributed by atoms with van der Waals surface area (Å²) in [5.74, 6) is -3.48. The first-order chi connectivity index (χ1) is 22.5. The van der Waals surface area contributed by atoms with Crippen molar-refractivity contribution in [1.82, 2.24) is 0 Å². The number of ether oxygens (including phenoxy) is 2. The van der Waals surface area contributed by atoms with Crippen LogP contribution >= 0.6 is 9.24 Å². The van der Waals surface area contributed by atoms with Crippen LogP contribution in [0.25, 0.3) is 0 Å². The number of aliphatic hydroxyl groups is 5. The normalized spacial score (nSPS) is 37.3. The topological polar surface area (TPSA) is 166 Å². The van der Waals surface area contributed by atoms with Crippen LogP contribution in [-0.2, 0) is 19.1 Å². The first kappa shape index (κ1) is 42.8. The zero-order chi connectivity index (χ0) is 35.0. The van der Waals surface area contributed by atoms with Gasteiger partial charge < -0.3 is 35.0 Å². The van der Waals surface area contributed by atoms with Gasteiger partial charge in [-0.25, -0.2) is 4.79 Å². The summed E-state index contributed by atoms with van der Waals surface area (Å²) < 4.78 is 11.6. The molecule has 2 bridgehead atoms. The molecule has 13 heteroatoms. The number of hydrogen-bond donors (Lipinski definition) is 5. The van der Waals surface area contributed by atoms with Crippen LogP contribution in [0.3, 0.4) is 0 Å². The van der Waals surface area contributed by atoms with Gasteiger partial charge in [-0.15, -0.1) is 0 Å². The van der Waals surface area contributed by atoms with E-state index in [4.69, 9.17) is 14.5 Å². The van der Waals surface area contributed by atoms with E-state index >= 15 is 0 Å². The molecule has 3 aliphatic carbocycles. The van der Waals surface area contributed by atoms with Gasteiger partial charge in [0.05, 0.1) is 35.3 Å². The quantitative estimate of drug-likeness (QED) is 0.127. The minimum Gasteiger partial charge on any atom is -0.456 e. The Morgan fingerprint density at radius 2 is 1.60 bits per heavy atom. The monoisotopic (exact) mass is 1130 g/mol. The number of rotatable bonds is 6. The number of Topliss-reactive ketones (excluding diaryl/α,β-unsaturated/α-hetero) is 1. The molecule has 264 valence electrons. The molecule has 10 nitrogen and oxygen atoms in total. The van der Waals surface area contributed by atoms with Crippen LogP contribution in [0.1, 0.15) is 64.6 Å². The van der Waals surface area contributed by atoms with Crippen molar-refractivity contribution in [1.29, 1.82) is 0 Å². The van der Waals surface area contributed by atoms with E-state index < -0.39 is 82.2 Å². The number of carbonyl (C=O) groups excluding carboxylic acids is 2. The Bertz CT molecular complexity index is 1660. The van der Waals surface area contributed by atoms with Gasteiger partial charge in [0.15, 0.2) is 11.9 Å². The van der Waals surface area contributed by atoms with Crippen molar-refractivity contribution in [2.75, 3.05) is 6.61 Å². The van der Waals surface area contributed by atoms with Crippen molar-refractivity contribution >= 4 is 26.4 Å². The van der Waals surface area contributed by atoms with Gasteiger partial charge in [-0.1, -0.05) is 90.7 Å². The summed E-state index contributed by atoms with van der Waals surface area (Å²) in [5, 5.41) is 59.4. The summed E-state index contributed by atoms with van der Waals surface area (Å²) in [6.45, 7) is 8.32. The molecule has 1 aliphatic heterocycles. The number of benzene rings is 2. The van der Waals surface area contributed by atoms with E-state index in [2.05, 4.69) is 9.24 Å². The number of esters is 1. The third-order valence-electron chi connectivity index (χ3n) is 12.1. The van der Waals surface area contributed by atoms with E-state index in [0.29, 0.717) is 16.6 Å². The van der Waals surface area contributed by atoms with Crippen molar-refractivity contribution in [2.45, 2.75) is 95.2 Å². The molecule has 12 atom stereocenters. The van der Waals surface area contributed by atoms with Crippen LogP contribution in [0.15, 0.2) is 76.8 Å². The molecule has 0 aromatic heterocycles. The van der Waals surface area contributed by atoms with E-state index in [9.17, 15) is 35.1 Å². The molecule has 4 aliphatic rings. The van der Waals surface area contributed by atoms with Gasteiger partial charge in [0.25, 0.3) is 0 Å². The van der Waals surface area contributed by atoms with Gasteiger partial charge in [-0.2, -0.15) is 0 Å². The number of aliphatic hydroxyl groups excluding tert-OH is 3. The maximum Gasteiger partial charge on any atom is 0.338 e. The molecule has 50 heavy (non-hydrogen) atoms. The van der Waals surface area contributed by atoms with E-state index in [-0.39, 0.29) is 113 Å². The zero-order valence-corrected chi connectivity index (χ0v) is 39.7. The smallest absolute Gasteiger partial charge is 0.338 e. The van der Waals surface area contributed by atoms with Crippen molar-refractivity contribution in [2.24, 2.45) is 27.7 Å². The minimum absolute atomic E-state index is 0. The summed E-state index contributed by atoms with van der Waals surface area (Å²) >= 11 is 0. The fraction of sp³-hybridized carbons (Fsp3) is 0.541. The third kappa shape index (κ3) is 6.70. The predicted octanol–water partition coefficient (Wildman–Crippen LogP) is 2.90. The summed E-state index contributed by atoms with van der Waals surface area (Å²) in [5.41, 5.74) is -3.62. The summed E-state index contributed by atoms with van der Waals surface area (Å²) in [6.07, 6.45) is -6.73. The Kier molecular flexibility index (Phi) is 13.4. The number of hydrogen-bond acceptors (Lipinski definition) is 10. The Labute approximate surface area is 367 Å². The van der Waals surface area contributed by atoms with E-state index in [0.717, 1.165) is 5.56 Å². The maximum absolute atomic E-state index is 14.3. The average Bonchev–Trinajstić information content (AvgIpc) is 3.06. The molecule has 0 spiro atoms. The van der Waals surface area contributed by atoms with Gasteiger partial charge in [0, 0.05) is 112 Å². The number of fused-ring (bicyclic) bond motifs is 5. The Balaban J connectivity index is 0.00000281. The number of carbonyl (C=O) groups is 2. The molecule has 2 saturated carbocycles. The average molecular weight is 1130 g/mol. The van der Waals surface area contributed by atoms with Crippen molar-refractivity contribution < 1.29 is 133 Å². The van der Waals surface area contributed by atoms with Gasteiger partial charge in [0.2, 0.25) is 0 Å². The molecule has 1 heterocycles. The van der Waals surface area contributed by atoms with Crippen LogP contribution in [0, 0.1) is 111 Å². The molecule has 10 unspecified atom stereocenters.